The van der Waals surface area contributed by atoms with Crippen LogP contribution >= 0.6 is 11.6 Å². The lowest BCUT2D eigenvalue weighted by Crippen LogP contribution is -2.40. The van der Waals surface area contributed by atoms with Gasteiger partial charge in [0.1, 0.15) is 0 Å². The summed E-state index contributed by atoms with van der Waals surface area (Å²) in [4.78, 5) is 44.5. The Bertz CT molecular complexity index is 1120. The number of nitrogens with one attached hydrogen (secondary N) is 2. The average Bonchev–Trinajstić information content (AvgIpc) is 3.13. The Morgan fingerprint density at radius 3 is 2.60 bits per heavy atom. The summed E-state index contributed by atoms with van der Waals surface area (Å²) in [5.41, 5.74) is 0.755. The van der Waals surface area contributed by atoms with E-state index in [4.69, 9.17) is 11.6 Å². The maximum atomic E-state index is 12.9. The monoisotopic (exact) mass is 431 g/mol. The third-order valence-corrected chi connectivity index (χ3v) is 5.11. The van der Waals surface area contributed by atoms with E-state index in [1.165, 1.54) is 4.57 Å². The maximum absolute atomic E-state index is 12.9. The summed E-state index contributed by atoms with van der Waals surface area (Å²) in [5.74, 6) is -0.101. The van der Waals surface area contributed by atoms with Gasteiger partial charge in [-0.25, -0.2) is 4.79 Å². The zero-order valence-corrected chi connectivity index (χ0v) is 17.7. The Balaban J connectivity index is 1.63. The van der Waals surface area contributed by atoms with Crippen LogP contribution in [0.4, 0.5) is 0 Å². The SMILES string of the molecule is CCCCn1c(=O)n(CCCC(=O)NCCc2ccccc2)c(=O)c2[nH]c(Cl)nc21. The van der Waals surface area contributed by atoms with Crippen molar-refractivity contribution in [2.45, 2.75) is 52.1 Å². The number of carbonyl (C=O) groups excluding carboxylic acids is 1. The van der Waals surface area contributed by atoms with Gasteiger partial charge in [-0.2, -0.15) is 4.98 Å². The number of H-pyrrole nitrogens is 1. The first-order valence-electron chi connectivity index (χ1n) is 10.2. The van der Waals surface area contributed by atoms with Gasteiger partial charge in [0.25, 0.3) is 5.56 Å². The van der Waals surface area contributed by atoms with E-state index in [9.17, 15) is 14.4 Å². The van der Waals surface area contributed by atoms with Crippen LogP contribution in [0.1, 0.15) is 38.2 Å². The van der Waals surface area contributed by atoms with Crippen LogP contribution in [0.15, 0.2) is 39.9 Å². The van der Waals surface area contributed by atoms with Crippen molar-refractivity contribution in [1.29, 1.82) is 0 Å². The van der Waals surface area contributed by atoms with E-state index in [0.29, 0.717) is 19.5 Å². The Morgan fingerprint density at radius 1 is 1.13 bits per heavy atom. The molecule has 30 heavy (non-hydrogen) atoms. The molecule has 9 heteroatoms. The van der Waals surface area contributed by atoms with Crippen molar-refractivity contribution < 1.29 is 4.79 Å². The Hall–Kier alpha value is -2.87. The lowest BCUT2D eigenvalue weighted by atomic mass is 10.1. The molecule has 0 bridgehead atoms. The molecule has 0 aliphatic rings. The number of rotatable bonds is 10. The molecule has 0 aliphatic heterocycles. The van der Waals surface area contributed by atoms with Gasteiger partial charge in [0.05, 0.1) is 0 Å². The van der Waals surface area contributed by atoms with Crippen LogP contribution in [0.25, 0.3) is 11.2 Å². The van der Waals surface area contributed by atoms with Gasteiger partial charge in [0.15, 0.2) is 11.2 Å². The number of carbonyl (C=O) groups is 1. The van der Waals surface area contributed by atoms with Gasteiger partial charge in [-0.1, -0.05) is 43.7 Å². The van der Waals surface area contributed by atoms with E-state index in [0.717, 1.165) is 29.4 Å². The van der Waals surface area contributed by atoms with Gasteiger partial charge in [0, 0.05) is 26.1 Å². The second kappa shape index (κ2) is 10.2. The van der Waals surface area contributed by atoms with Crippen LogP contribution in [0.2, 0.25) is 5.28 Å². The number of aryl methyl sites for hydroxylation is 1. The highest BCUT2D eigenvalue weighted by Crippen LogP contribution is 2.10. The first-order chi connectivity index (χ1) is 14.5. The molecule has 3 rings (SSSR count). The fraction of sp³-hybridized carbons (Fsp3) is 0.429. The number of amides is 1. The molecule has 0 saturated carbocycles. The molecule has 1 aromatic carbocycles. The van der Waals surface area contributed by atoms with Gasteiger partial charge >= 0.3 is 5.69 Å². The van der Waals surface area contributed by atoms with E-state index in [1.807, 2.05) is 37.3 Å². The molecule has 0 atom stereocenters. The van der Waals surface area contributed by atoms with E-state index in [1.54, 1.807) is 0 Å². The number of hydrogen-bond donors (Lipinski definition) is 2. The largest absolute Gasteiger partial charge is 0.356 e. The quantitative estimate of drug-likeness (QED) is 0.481. The zero-order valence-electron chi connectivity index (χ0n) is 17.0. The van der Waals surface area contributed by atoms with Gasteiger partial charge in [-0.05, 0) is 36.4 Å². The zero-order chi connectivity index (χ0) is 21.5. The lowest BCUT2D eigenvalue weighted by Gasteiger charge is -2.11. The smallest absolute Gasteiger partial charge is 0.332 e. The minimum atomic E-state index is -0.466. The Kier molecular flexibility index (Phi) is 7.46. The third kappa shape index (κ3) is 5.18. The minimum Gasteiger partial charge on any atom is -0.356 e. The molecule has 8 nitrogen and oxygen atoms in total. The average molecular weight is 432 g/mol. The number of nitrogens with zero attached hydrogens (tertiary/aromatic N) is 3. The third-order valence-electron chi connectivity index (χ3n) is 4.93. The van der Waals surface area contributed by atoms with Crippen molar-refractivity contribution in [2.75, 3.05) is 6.54 Å². The fourth-order valence-corrected chi connectivity index (χ4v) is 3.50. The molecule has 0 fully saturated rings. The summed E-state index contributed by atoms with van der Waals surface area (Å²) in [6, 6.07) is 9.91. The molecule has 160 valence electrons. The summed E-state index contributed by atoms with van der Waals surface area (Å²) in [6.07, 6.45) is 3.05. The van der Waals surface area contributed by atoms with Crippen LogP contribution in [0.5, 0.6) is 0 Å². The number of aromatic nitrogens is 4. The number of hydrogen-bond acceptors (Lipinski definition) is 4. The fourth-order valence-electron chi connectivity index (χ4n) is 3.33. The molecule has 0 radical (unpaired) electrons. The van der Waals surface area contributed by atoms with Crippen molar-refractivity contribution in [2.24, 2.45) is 0 Å². The number of fused-ring (bicyclic) bond motifs is 1. The topological polar surface area (TPSA) is 102 Å². The summed E-state index contributed by atoms with van der Waals surface area (Å²) in [6.45, 7) is 3.17. The summed E-state index contributed by atoms with van der Waals surface area (Å²) < 4.78 is 2.63. The lowest BCUT2D eigenvalue weighted by molar-refractivity contribution is -0.121. The highest BCUT2D eigenvalue weighted by molar-refractivity contribution is 6.28. The molecule has 0 aliphatic carbocycles. The molecule has 2 heterocycles. The summed E-state index contributed by atoms with van der Waals surface area (Å²) >= 11 is 5.92. The minimum absolute atomic E-state index is 0.0716. The normalized spacial score (nSPS) is 11.1. The maximum Gasteiger partial charge on any atom is 0.332 e. The van der Waals surface area contributed by atoms with Crippen molar-refractivity contribution >= 4 is 28.7 Å². The molecule has 2 N–H and O–H groups in total. The number of unbranched alkanes of at least 4 members (excludes halogenated alkanes) is 1. The first-order valence-corrected chi connectivity index (χ1v) is 10.6. The van der Waals surface area contributed by atoms with Gasteiger partial charge in [-0.3, -0.25) is 18.7 Å². The first kappa shape index (κ1) is 21.8. The number of imidazole rings is 1. The molecule has 3 aromatic rings. The summed E-state index contributed by atoms with van der Waals surface area (Å²) in [5, 5.41) is 2.95. The van der Waals surface area contributed by atoms with Gasteiger partial charge < -0.3 is 10.3 Å². The molecular formula is C21H26ClN5O3. The van der Waals surface area contributed by atoms with Crippen LogP contribution < -0.4 is 16.6 Å². The highest BCUT2D eigenvalue weighted by Gasteiger charge is 2.16. The molecule has 0 spiro atoms. The van der Waals surface area contributed by atoms with Gasteiger partial charge in [-0.15, -0.1) is 0 Å². The van der Waals surface area contributed by atoms with Crippen molar-refractivity contribution in [1.82, 2.24) is 24.4 Å². The highest BCUT2D eigenvalue weighted by atomic mass is 35.5. The van der Waals surface area contributed by atoms with Crippen LogP contribution in [0, 0.1) is 0 Å². The van der Waals surface area contributed by atoms with E-state index >= 15 is 0 Å². The molecule has 2 aromatic heterocycles. The Labute approximate surface area is 178 Å². The van der Waals surface area contributed by atoms with Crippen LogP contribution in [-0.4, -0.2) is 31.6 Å². The molecule has 0 unspecified atom stereocenters. The van der Waals surface area contributed by atoms with E-state index in [2.05, 4.69) is 15.3 Å². The molecular weight excluding hydrogens is 406 g/mol. The second-order valence-electron chi connectivity index (χ2n) is 7.16. The second-order valence-corrected chi connectivity index (χ2v) is 7.52. The van der Waals surface area contributed by atoms with E-state index < -0.39 is 11.2 Å². The molecule has 0 saturated heterocycles. The Morgan fingerprint density at radius 2 is 1.87 bits per heavy atom. The summed E-state index contributed by atoms with van der Waals surface area (Å²) in [7, 11) is 0. The molecule has 1 amide bonds. The van der Waals surface area contributed by atoms with Crippen molar-refractivity contribution in [3.8, 4) is 0 Å². The predicted molar refractivity (Wildman–Crippen MR) is 117 cm³/mol. The van der Waals surface area contributed by atoms with Gasteiger partial charge in [0.2, 0.25) is 11.2 Å². The van der Waals surface area contributed by atoms with Crippen LogP contribution in [-0.2, 0) is 24.3 Å². The standard InChI is InChI=1S/C21H26ClN5O3/c1-2-3-13-26-18-17(24-20(22)25-18)19(29)27(21(26)30)14-7-10-16(28)23-12-11-15-8-5-4-6-9-15/h4-6,8-9H,2-3,7,10-14H2,1H3,(H,23,28)(H,24,25). The van der Waals surface area contributed by atoms with Crippen molar-refractivity contribution in [3.05, 3.63) is 62.0 Å². The van der Waals surface area contributed by atoms with Crippen molar-refractivity contribution in [3.63, 3.8) is 0 Å². The number of halogens is 1. The van der Waals surface area contributed by atoms with Crippen LogP contribution in [0.3, 0.4) is 0 Å². The van der Waals surface area contributed by atoms with E-state index in [-0.39, 0.29) is 35.3 Å². The number of benzene rings is 1. The number of aromatic amines is 1. The predicted octanol–water partition coefficient (Wildman–Crippen LogP) is 2.48.